The molecular formula is C24H27Cl2N3O2. The van der Waals surface area contributed by atoms with Crippen molar-refractivity contribution in [1.82, 2.24) is 4.90 Å². The minimum atomic E-state index is -0.702. The van der Waals surface area contributed by atoms with Gasteiger partial charge in [-0.25, -0.2) is 4.85 Å². The lowest BCUT2D eigenvalue weighted by atomic mass is 10.0. The van der Waals surface area contributed by atoms with E-state index in [1.54, 1.807) is 6.07 Å². The molecule has 1 fully saturated rings. The molecule has 0 amide bonds. The molecule has 1 atom stereocenters. The van der Waals surface area contributed by atoms with Crippen LogP contribution in [0, 0.1) is 6.57 Å². The van der Waals surface area contributed by atoms with Crippen molar-refractivity contribution in [1.29, 1.82) is 0 Å². The lowest BCUT2D eigenvalue weighted by Gasteiger charge is -2.35. The summed E-state index contributed by atoms with van der Waals surface area (Å²) in [6.45, 7) is 15.4. The molecule has 0 radical (unpaired) electrons. The molecule has 1 aliphatic rings. The average molecular weight is 460 g/mol. The Kier molecular flexibility index (Phi) is 7.48. The molecule has 0 spiro atoms. The number of likely N-dealkylation sites (tertiary alicyclic amines) is 1. The second-order valence-electron chi connectivity index (χ2n) is 8.13. The van der Waals surface area contributed by atoms with E-state index in [-0.39, 0.29) is 12.0 Å². The second-order valence-corrected chi connectivity index (χ2v) is 8.95. The van der Waals surface area contributed by atoms with Crippen molar-refractivity contribution in [2.24, 2.45) is 0 Å². The van der Waals surface area contributed by atoms with Gasteiger partial charge in [-0.2, -0.15) is 0 Å². The van der Waals surface area contributed by atoms with Gasteiger partial charge in [-0.05, 0) is 51.0 Å². The Hall–Kier alpha value is -2.26. The quantitative estimate of drug-likeness (QED) is 0.377. The predicted octanol–water partition coefficient (Wildman–Crippen LogP) is 5.97. The van der Waals surface area contributed by atoms with Crippen molar-refractivity contribution in [3.05, 3.63) is 69.5 Å². The van der Waals surface area contributed by atoms with Gasteiger partial charge in [0.1, 0.15) is 5.54 Å². The average Bonchev–Trinajstić information content (AvgIpc) is 3.24. The molecule has 2 aromatic rings. The number of carbonyl (C=O) groups is 1. The fourth-order valence-corrected chi connectivity index (χ4v) is 4.36. The van der Waals surface area contributed by atoms with E-state index in [0.29, 0.717) is 35.4 Å². The lowest BCUT2D eigenvalue weighted by molar-refractivity contribution is -0.155. The first-order chi connectivity index (χ1) is 14.8. The Bertz CT molecular complexity index is 987. The fourth-order valence-electron chi connectivity index (χ4n) is 3.95. The molecule has 3 rings (SSSR count). The summed E-state index contributed by atoms with van der Waals surface area (Å²) in [5.74, 6) is -0.210. The van der Waals surface area contributed by atoms with E-state index in [9.17, 15) is 4.79 Å². The zero-order chi connectivity index (χ0) is 22.6. The Morgan fingerprint density at radius 1 is 1.26 bits per heavy atom. The molecule has 5 nitrogen and oxygen atoms in total. The molecule has 0 aliphatic carbocycles. The molecule has 0 aromatic heterocycles. The van der Waals surface area contributed by atoms with Crippen LogP contribution < -0.4 is 4.90 Å². The van der Waals surface area contributed by atoms with Crippen molar-refractivity contribution < 1.29 is 9.53 Å². The molecule has 31 heavy (non-hydrogen) atoms. The number of halogens is 2. The lowest BCUT2D eigenvalue weighted by Crippen LogP contribution is -2.51. The van der Waals surface area contributed by atoms with Crippen LogP contribution in [0.15, 0.2) is 42.5 Å². The van der Waals surface area contributed by atoms with Gasteiger partial charge in [0.05, 0.1) is 13.2 Å². The van der Waals surface area contributed by atoms with E-state index in [1.807, 2.05) is 57.2 Å². The van der Waals surface area contributed by atoms with Crippen molar-refractivity contribution in [2.75, 3.05) is 24.6 Å². The Morgan fingerprint density at radius 2 is 2.00 bits per heavy atom. The normalized spacial score (nSPS) is 16.7. The summed E-state index contributed by atoms with van der Waals surface area (Å²) in [7, 11) is 0. The van der Waals surface area contributed by atoms with Crippen LogP contribution in [-0.4, -0.2) is 42.1 Å². The highest BCUT2D eigenvalue weighted by Gasteiger charge is 2.41. The summed E-state index contributed by atoms with van der Waals surface area (Å²) in [5, 5.41) is 1.14. The van der Waals surface area contributed by atoms with Crippen molar-refractivity contribution in [2.45, 2.75) is 45.3 Å². The number of hydrogen-bond donors (Lipinski definition) is 0. The van der Waals surface area contributed by atoms with Crippen LogP contribution in [0.3, 0.4) is 0 Å². The number of benzene rings is 2. The molecule has 7 heteroatoms. The van der Waals surface area contributed by atoms with Gasteiger partial charge in [-0.15, -0.1) is 0 Å². The minimum Gasteiger partial charge on any atom is -0.465 e. The van der Waals surface area contributed by atoms with Crippen LogP contribution in [-0.2, 0) is 16.1 Å². The third-order valence-corrected chi connectivity index (χ3v) is 6.52. The molecule has 164 valence electrons. The molecule has 0 N–H and O–H groups in total. The Balaban J connectivity index is 1.90. The molecule has 0 unspecified atom stereocenters. The number of nitrogens with zero attached hydrogens (tertiary/aromatic N) is 3. The summed E-state index contributed by atoms with van der Waals surface area (Å²) in [6, 6.07) is 13.4. The fraction of sp³-hybridized carbons (Fsp3) is 0.417. The van der Waals surface area contributed by atoms with Crippen LogP contribution in [0.2, 0.25) is 10.0 Å². The van der Waals surface area contributed by atoms with Crippen molar-refractivity contribution in [3.8, 4) is 0 Å². The van der Waals surface area contributed by atoms with Crippen LogP contribution in [0.4, 0.5) is 11.4 Å². The summed E-state index contributed by atoms with van der Waals surface area (Å²) >= 11 is 12.8. The highest BCUT2D eigenvalue weighted by Crippen LogP contribution is 2.35. The largest absolute Gasteiger partial charge is 0.465 e. The number of hydrogen-bond acceptors (Lipinski definition) is 4. The maximum atomic E-state index is 12.5. The van der Waals surface area contributed by atoms with E-state index in [0.717, 1.165) is 24.2 Å². The molecule has 2 aromatic carbocycles. The van der Waals surface area contributed by atoms with Crippen molar-refractivity contribution >= 4 is 40.5 Å². The summed E-state index contributed by atoms with van der Waals surface area (Å²) in [5.41, 5.74) is 1.67. The first kappa shape index (κ1) is 23.4. The molecule has 0 bridgehead atoms. The standard InChI is InChI=1S/C24H27Cl2N3O2/c1-5-31-23(30)24(2,3)28-13-12-19(16-28)29(15-17-8-6-7-9-20(17)25)18-10-11-22(27-4)21(26)14-18/h6-11,14,19H,5,12-13,15-16H2,1-3H3/t19-/m0/s1. The maximum absolute atomic E-state index is 12.5. The second kappa shape index (κ2) is 9.91. The Labute approximate surface area is 194 Å². The van der Waals surface area contributed by atoms with Gasteiger partial charge in [0.2, 0.25) is 5.69 Å². The maximum Gasteiger partial charge on any atom is 0.325 e. The van der Waals surface area contributed by atoms with Crippen LogP contribution >= 0.6 is 23.2 Å². The highest BCUT2D eigenvalue weighted by molar-refractivity contribution is 6.33. The smallest absolute Gasteiger partial charge is 0.325 e. The summed E-state index contributed by atoms with van der Waals surface area (Å²) in [6.07, 6.45) is 0.884. The summed E-state index contributed by atoms with van der Waals surface area (Å²) < 4.78 is 5.29. The number of carbonyl (C=O) groups excluding carboxylic acids is 1. The zero-order valence-corrected chi connectivity index (χ0v) is 19.6. The molecule has 1 heterocycles. The van der Waals surface area contributed by atoms with Gasteiger partial charge >= 0.3 is 5.97 Å². The molecule has 1 aliphatic heterocycles. The van der Waals surface area contributed by atoms with Crippen LogP contribution in [0.25, 0.3) is 4.85 Å². The number of anilines is 1. The third kappa shape index (κ3) is 5.15. The summed E-state index contributed by atoms with van der Waals surface area (Å²) in [4.78, 5) is 20.4. The number of ether oxygens (including phenoxy) is 1. The van der Waals surface area contributed by atoms with Crippen LogP contribution in [0.1, 0.15) is 32.8 Å². The van der Waals surface area contributed by atoms with Gasteiger partial charge < -0.3 is 9.64 Å². The van der Waals surface area contributed by atoms with E-state index in [4.69, 9.17) is 34.5 Å². The van der Waals surface area contributed by atoms with Gasteiger partial charge in [0.25, 0.3) is 0 Å². The van der Waals surface area contributed by atoms with Gasteiger partial charge in [0, 0.05) is 41.4 Å². The van der Waals surface area contributed by atoms with Gasteiger partial charge in [0.15, 0.2) is 0 Å². The molecule has 1 saturated heterocycles. The van der Waals surface area contributed by atoms with E-state index >= 15 is 0 Å². The minimum absolute atomic E-state index is 0.153. The third-order valence-electron chi connectivity index (χ3n) is 5.85. The molecule has 0 saturated carbocycles. The van der Waals surface area contributed by atoms with E-state index in [1.165, 1.54) is 0 Å². The van der Waals surface area contributed by atoms with Crippen LogP contribution in [0.5, 0.6) is 0 Å². The predicted molar refractivity (Wildman–Crippen MR) is 126 cm³/mol. The van der Waals surface area contributed by atoms with Gasteiger partial charge in [-0.1, -0.05) is 47.5 Å². The first-order valence-electron chi connectivity index (χ1n) is 10.4. The van der Waals surface area contributed by atoms with E-state index in [2.05, 4.69) is 14.6 Å². The SMILES string of the molecule is [C-]#[N+]c1ccc(N(Cc2ccccc2Cl)[C@H]2CCN(C(C)(C)C(=O)OCC)C2)cc1Cl. The first-order valence-corrected chi connectivity index (χ1v) is 11.1. The topological polar surface area (TPSA) is 37.1 Å². The number of rotatable bonds is 7. The highest BCUT2D eigenvalue weighted by atomic mass is 35.5. The van der Waals surface area contributed by atoms with E-state index < -0.39 is 5.54 Å². The monoisotopic (exact) mass is 459 g/mol. The Morgan fingerprint density at radius 3 is 2.65 bits per heavy atom. The van der Waals surface area contributed by atoms with Crippen molar-refractivity contribution in [3.63, 3.8) is 0 Å². The zero-order valence-electron chi connectivity index (χ0n) is 18.1. The number of esters is 1. The molecular weight excluding hydrogens is 433 g/mol. The van der Waals surface area contributed by atoms with Gasteiger partial charge in [-0.3, -0.25) is 9.69 Å².